The van der Waals surface area contributed by atoms with Crippen LogP contribution in [0.2, 0.25) is 0 Å². The molecule has 3 rings (SSSR count). The molecule has 0 saturated carbocycles. The molecule has 0 radical (unpaired) electrons. The van der Waals surface area contributed by atoms with Gasteiger partial charge in [-0.15, -0.1) is 24.0 Å². The van der Waals surface area contributed by atoms with E-state index in [0.717, 1.165) is 24.4 Å². The molecule has 8 heteroatoms. The number of para-hydroxylation sites is 1. The standard InChI is InChI=1S/C26H32N4O3.HI/c1-19(13-14-20-9-6-5-7-10-20)30-26(27-2)29-18-21-15-16-24(28-17-21)33-25-22(31-3)11-8-12-23(25)32-4;/h5-12,15-17,19H,13-14,18H2,1-4H3,(H2,27,29,30);1H. The van der Waals surface area contributed by atoms with Crippen molar-refractivity contribution in [3.8, 4) is 23.1 Å². The molecule has 0 spiro atoms. The van der Waals surface area contributed by atoms with Crippen LogP contribution in [-0.2, 0) is 13.0 Å². The summed E-state index contributed by atoms with van der Waals surface area (Å²) in [6, 6.07) is 20.1. The molecule has 0 bridgehead atoms. The quantitative estimate of drug-likeness (QED) is 0.197. The molecule has 1 heterocycles. The largest absolute Gasteiger partial charge is 0.493 e. The van der Waals surface area contributed by atoms with Crippen molar-refractivity contribution in [3.05, 3.63) is 78.0 Å². The Morgan fingerprint density at radius 1 is 0.941 bits per heavy atom. The fourth-order valence-corrected chi connectivity index (χ4v) is 3.31. The van der Waals surface area contributed by atoms with E-state index in [1.54, 1.807) is 27.5 Å². The zero-order valence-corrected chi connectivity index (χ0v) is 22.4. The highest BCUT2D eigenvalue weighted by Gasteiger charge is 2.13. The summed E-state index contributed by atoms with van der Waals surface area (Å²) in [6.45, 7) is 2.76. The molecule has 182 valence electrons. The highest BCUT2D eigenvalue weighted by atomic mass is 127. The van der Waals surface area contributed by atoms with Crippen molar-refractivity contribution in [1.82, 2.24) is 15.6 Å². The average molecular weight is 576 g/mol. The molecule has 34 heavy (non-hydrogen) atoms. The molecule has 0 aliphatic carbocycles. The second-order valence-electron chi connectivity index (χ2n) is 7.59. The van der Waals surface area contributed by atoms with Crippen LogP contribution in [0.3, 0.4) is 0 Å². The molecule has 1 aromatic heterocycles. The maximum absolute atomic E-state index is 5.92. The van der Waals surface area contributed by atoms with Crippen molar-refractivity contribution in [1.29, 1.82) is 0 Å². The van der Waals surface area contributed by atoms with Crippen molar-refractivity contribution >= 4 is 29.9 Å². The van der Waals surface area contributed by atoms with Crippen molar-refractivity contribution in [2.75, 3.05) is 21.3 Å². The number of nitrogens with one attached hydrogen (secondary N) is 2. The first kappa shape index (κ1) is 27.2. The van der Waals surface area contributed by atoms with Gasteiger partial charge in [0.25, 0.3) is 0 Å². The molecule has 0 amide bonds. The maximum atomic E-state index is 5.92. The predicted octanol–water partition coefficient (Wildman–Crippen LogP) is 5.20. The molecule has 1 atom stereocenters. The number of hydrogen-bond donors (Lipinski definition) is 2. The lowest BCUT2D eigenvalue weighted by atomic mass is 10.1. The van der Waals surface area contributed by atoms with E-state index in [1.807, 2.05) is 36.4 Å². The van der Waals surface area contributed by atoms with Gasteiger partial charge in [0, 0.05) is 31.9 Å². The Morgan fingerprint density at radius 3 is 2.24 bits per heavy atom. The van der Waals surface area contributed by atoms with Gasteiger partial charge in [-0.1, -0.05) is 42.5 Å². The van der Waals surface area contributed by atoms with Crippen LogP contribution in [0.25, 0.3) is 0 Å². The zero-order chi connectivity index (χ0) is 23.5. The minimum atomic E-state index is 0. The molecule has 0 saturated heterocycles. The molecule has 0 aliphatic heterocycles. The number of hydrogen-bond acceptors (Lipinski definition) is 5. The number of pyridine rings is 1. The predicted molar refractivity (Wildman–Crippen MR) is 147 cm³/mol. The van der Waals surface area contributed by atoms with Gasteiger partial charge in [0.1, 0.15) is 0 Å². The zero-order valence-electron chi connectivity index (χ0n) is 20.1. The maximum Gasteiger partial charge on any atom is 0.219 e. The molecular weight excluding hydrogens is 543 g/mol. The van der Waals surface area contributed by atoms with E-state index >= 15 is 0 Å². The topological polar surface area (TPSA) is 77.0 Å². The van der Waals surface area contributed by atoms with Crippen LogP contribution < -0.4 is 24.8 Å². The number of aromatic nitrogens is 1. The van der Waals surface area contributed by atoms with E-state index in [-0.39, 0.29) is 24.0 Å². The number of methoxy groups -OCH3 is 2. The summed E-state index contributed by atoms with van der Waals surface area (Å²) < 4.78 is 16.7. The van der Waals surface area contributed by atoms with Crippen molar-refractivity contribution < 1.29 is 14.2 Å². The second kappa shape index (κ2) is 14.3. The number of ether oxygens (including phenoxy) is 3. The first-order valence-corrected chi connectivity index (χ1v) is 11.0. The molecule has 1 unspecified atom stereocenters. The molecular formula is C26H33IN4O3. The van der Waals surface area contributed by atoms with Gasteiger partial charge >= 0.3 is 0 Å². The van der Waals surface area contributed by atoms with Crippen LogP contribution >= 0.6 is 24.0 Å². The van der Waals surface area contributed by atoms with Gasteiger partial charge in [-0.25, -0.2) is 4.98 Å². The lowest BCUT2D eigenvalue weighted by Gasteiger charge is -2.18. The normalized spacial score (nSPS) is 11.7. The number of aryl methyl sites for hydroxylation is 1. The Balaban J connectivity index is 0.00000408. The van der Waals surface area contributed by atoms with Crippen molar-refractivity contribution in [2.45, 2.75) is 32.4 Å². The summed E-state index contributed by atoms with van der Waals surface area (Å²) in [5.41, 5.74) is 2.35. The highest BCUT2D eigenvalue weighted by molar-refractivity contribution is 14.0. The van der Waals surface area contributed by atoms with Crippen molar-refractivity contribution in [3.63, 3.8) is 0 Å². The Labute approximate surface area is 219 Å². The van der Waals surface area contributed by atoms with Crippen LogP contribution in [0.1, 0.15) is 24.5 Å². The second-order valence-corrected chi connectivity index (χ2v) is 7.59. The number of nitrogens with zero attached hydrogens (tertiary/aromatic N) is 2. The summed E-state index contributed by atoms with van der Waals surface area (Å²) in [4.78, 5) is 8.75. The average Bonchev–Trinajstić information content (AvgIpc) is 2.86. The van der Waals surface area contributed by atoms with Gasteiger partial charge < -0.3 is 24.8 Å². The smallest absolute Gasteiger partial charge is 0.219 e. The molecule has 3 aromatic rings. The van der Waals surface area contributed by atoms with Gasteiger partial charge in [0.15, 0.2) is 17.5 Å². The van der Waals surface area contributed by atoms with E-state index in [9.17, 15) is 0 Å². The number of benzene rings is 2. The number of guanidine groups is 1. The molecule has 2 aromatic carbocycles. The fourth-order valence-electron chi connectivity index (χ4n) is 3.31. The first-order chi connectivity index (χ1) is 16.1. The van der Waals surface area contributed by atoms with Crippen LogP contribution in [0.4, 0.5) is 0 Å². The first-order valence-electron chi connectivity index (χ1n) is 11.0. The van der Waals surface area contributed by atoms with Crippen molar-refractivity contribution in [2.24, 2.45) is 4.99 Å². The molecule has 2 N–H and O–H groups in total. The summed E-state index contributed by atoms with van der Waals surface area (Å²) in [5, 5.41) is 6.78. The third-order valence-electron chi connectivity index (χ3n) is 5.16. The van der Waals surface area contributed by atoms with Gasteiger partial charge in [0.05, 0.1) is 14.2 Å². The summed E-state index contributed by atoms with van der Waals surface area (Å²) in [7, 11) is 4.95. The fraction of sp³-hybridized carbons (Fsp3) is 0.308. The van der Waals surface area contributed by atoms with Gasteiger partial charge in [0.2, 0.25) is 11.6 Å². The van der Waals surface area contributed by atoms with E-state index < -0.39 is 0 Å². The SMILES string of the molecule is CN=C(NCc1ccc(Oc2c(OC)cccc2OC)nc1)NC(C)CCc1ccccc1.I. The van der Waals surface area contributed by atoms with Gasteiger partial charge in [-0.05, 0) is 43.0 Å². The third-order valence-corrected chi connectivity index (χ3v) is 5.16. The summed E-state index contributed by atoms with van der Waals surface area (Å²) in [6.07, 6.45) is 3.81. The Bertz CT molecular complexity index is 1010. The van der Waals surface area contributed by atoms with Crippen LogP contribution in [0, 0.1) is 0 Å². The number of halogens is 1. The van der Waals surface area contributed by atoms with Crippen LogP contribution in [-0.4, -0.2) is 38.3 Å². The number of rotatable bonds is 10. The third kappa shape index (κ3) is 8.09. The summed E-state index contributed by atoms with van der Waals surface area (Å²) >= 11 is 0. The minimum absolute atomic E-state index is 0. The van der Waals surface area contributed by atoms with Gasteiger partial charge in [-0.3, -0.25) is 4.99 Å². The van der Waals surface area contributed by atoms with E-state index in [2.05, 4.69) is 51.8 Å². The van der Waals surface area contributed by atoms with E-state index in [4.69, 9.17) is 14.2 Å². The van der Waals surface area contributed by atoms with E-state index in [0.29, 0.717) is 35.7 Å². The number of aliphatic imine (C=N–C) groups is 1. The van der Waals surface area contributed by atoms with Gasteiger partial charge in [-0.2, -0.15) is 0 Å². The monoisotopic (exact) mass is 576 g/mol. The minimum Gasteiger partial charge on any atom is -0.493 e. The Morgan fingerprint density at radius 2 is 1.65 bits per heavy atom. The lowest BCUT2D eigenvalue weighted by Crippen LogP contribution is -2.42. The lowest BCUT2D eigenvalue weighted by molar-refractivity contribution is 0.342. The molecule has 0 aliphatic rings. The highest BCUT2D eigenvalue weighted by Crippen LogP contribution is 2.39. The Hall–Kier alpha value is -3.01. The van der Waals surface area contributed by atoms with Crippen LogP contribution in [0.5, 0.6) is 23.1 Å². The van der Waals surface area contributed by atoms with Crippen LogP contribution in [0.15, 0.2) is 71.9 Å². The summed E-state index contributed by atoms with van der Waals surface area (Å²) in [5.74, 6) is 2.87. The molecule has 0 fully saturated rings. The Kier molecular flexibility index (Phi) is 11.5. The van der Waals surface area contributed by atoms with E-state index in [1.165, 1.54) is 5.56 Å². The molecule has 7 nitrogen and oxygen atoms in total.